The van der Waals surface area contributed by atoms with Crippen LogP contribution in [0.2, 0.25) is 5.02 Å². The summed E-state index contributed by atoms with van der Waals surface area (Å²) in [4.78, 5) is 4.85. The summed E-state index contributed by atoms with van der Waals surface area (Å²) in [5.74, 6) is 0.880. The first-order valence-electron chi connectivity index (χ1n) is 7.68. The number of rotatable bonds is 4. The van der Waals surface area contributed by atoms with E-state index in [1.54, 1.807) is 0 Å². The van der Waals surface area contributed by atoms with Crippen molar-refractivity contribution in [2.75, 3.05) is 0 Å². The molecule has 0 amide bonds. The van der Waals surface area contributed by atoms with Gasteiger partial charge in [0.1, 0.15) is 0 Å². The Morgan fingerprint density at radius 2 is 1.67 bits per heavy atom. The van der Waals surface area contributed by atoms with Gasteiger partial charge in [0, 0.05) is 5.02 Å². The van der Waals surface area contributed by atoms with E-state index in [0.717, 1.165) is 47.9 Å². The van der Waals surface area contributed by atoms with Crippen LogP contribution in [0.25, 0.3) is 0 Å². The highest BCUT2D eigenvalue weighted by Crippen LogP contribution is 2.47. The van der Waals surface area contributed by atoms with Crippen LogP contribution in [0.4, 0.5) is 0 Å². The number of nitrogens with zero attached hydrogens (tertiary/aromatic N) is 3. The zero-order valence-electron chi connectivity index (χ0n) is 12.6. The largest absolute Gasteiger partial charge is 0.233 e. The van der Waals surface area contributed by atoms with Crippen molar-refractivity contribution in [3.8, 4) is 0 Å². The minimum absolute atomic E-state index is 0.0617. The van der Waals surface area contributed by atoms with Gasteiger partial charge >= 0.3 is 0 Å². The third kappa shape index (κ3) is 2.44. The molecule has 1 aromatic carbocycles. The molecule has 3 nitrogen and oxygen atoms in total. The summed E-state index contributed by atoms with van der Waals surface area (Å²) in [6.07, 6.45) is 5.18. The SMILES string of the molecule is CCc1nnc(C2(c3ccc(Cl)cc3)CCC2)nc1CC. The predicted octanol–water partition coefficient (Wildman–Crippen LogP) is 4.12. The fourth-order valence-electron chi connectivity index (χ4n) is 3.08. The number of benzene rings is 1. The van der Waals surface area contributed by atoms with Gasteiger partial charge in [0.2, 0.25) is 0 Å². The molecule has 0 radical (unpaired) electrons. The molecule has 3 rings (SSSR count). The second kappa shape index (κ2) is 5.72. The van der Waals surface area contributed by atoms with Crippen LogP contribution in [0, 0.1) is 0 Å². The summed E-state index contributed by atoms with van der Waals surface area (Å²) < 4.78 is 0. The van der Waals surface area contributed by atoms with Crippen LogP contribution in [-0.2, 0) is 18.3 Å². The number of halogens is 1. The zero-order valence-corrected chi connectivity index (χ0v) is 13.3. The minimum Gasteiger partial charge on any atom is -0.233 e. The number of hydrogen-bond acceptors (Lipinski definition) is 3. The van der Waals surface area contributed by atoms with E-state index in [9.17, 15) is 0 Å². The van der Waals surface area contributed by atoms with Crippen LogP contribution in [0.3, 0.4) is 0 Å². The van der Waals surface area contributed by atoms with Gasteiger partial charge in [-0.2, -0.15) is 5.10 Å². The molecule has 1 aliphatic rings. The molecular weight excluding hydrogens is 282 g/mol. The lowest BCUT2D eigenvalue weighted by Gasteiger charge is -2.40. The van der Waals surface area contributed by atoms with Crippen molar-refractivity contribution in [1.82, 2.24) is 15.2 Å². The van der Waals surface area contributed by atoms with E-state index in [4.69, 9.17) is 16.6 Å². The van der Waals surface area contributed by atoms with Crippen molar-refractivity contribution in [3.63, 3.8) is 0 Å². The summed E-state index contributed by atoms with van der Waals surface area (Å²) >= 11 is 6.01. The summed E-state index contributed by atoms with van der Waals surface area (Å²) in [5.41, 5.74) is 3.30. The average Bonchev–Trinajstić information content (AvgIpc) is 2.48. The summed E-state index contributed by atoms with van der Waals surface area (Å²) in [6.45, 7) is 4.23. The molecule has 21 heavy (non-hydrogen) atoms. The van der Waals surface area contributed by atoms with Crippen LogP contribution in [-0.4, -0.2) is 15.2 Å². The Labute approximate surface area is 130 Å². The Bertz CT molecular complexity index is 633. The first kappa shape index (κ1) is 14.5. The van der Waals surface area contributed by atoms with Crippen LogP contribution in [0.1, 0.15) is 55.9 Å². The standard InChI is InChI=1S/C17H20ClN3/c1-3-14-15(4-2)20-21-16(19-14)17(10-5-11-17)12-6-8-13(18)9-7-12/h6-9H,3-5,10-11H2,1-2H3. The highest BCUT2D eigenvalue weighted by Gasteiger charge is 2.43. The summed E-state index contributed by atoms with van der Waals surface area (Å²) in [6, 6.07) is 8.10. The third-order valence-corrected chi connectivity index (χ3v) is 4.79. The van der Waals surface area contributed by atoms with Crippen LogP contribution in [0.15, 0.2) is 24.3 Å². The average molecular weight is 302 g/mol. The van der Waals surface area contributed by atoms with Gasteiger partial charge in [-0.15, -0.1) is 5.10 Å². The molecule has 0 spiro atoms. The molecule has 0 saturated heterocycles. The lowest BCUT2D eigenvalue weighted by atomic mass is 9.64. The number of aryl methyl sites for hydroxylation is 2. The van der Waals surface area contributed by atoms with Crippen molar-refractivity contribution in [1.29, 1.82) is 0 Å². The molecule has 0 unspecified atom stereocenters. The minimum atomic E-state index is -0.0617. The lowest BCUT2D eigenvalue weighted by Crippen LogP contribution is -2.38. The van der Waals surface area contributed by atoms with Crippen LogP contribution >= 0.6 is 11.6 Å². The monoisotopic (exact) mass is 301 g/mol. The third-order valence-electron chi connectivity index (χ3n) is 4.54. The van der Waals surface area contributed by atoms with E-state index in [2.05, 4.69) is 36.2 Å². The summed E-state index contributed by atoms with van der Waals surface area (Å²) in [7, 11) is 0. The molecule has 0 bridgehead atoms. The van der Waals surface area contributed by atoms with Crippen molar-refractivity contribution >= 4 is 11.6 Å². The molecule has 1 aliphatic carbocycles. The van der Waals surface area contributed by atoms with Crippen molar-refractivity contribution in [2.45, 2.75) is 51.4 Å². The normalized spacial score (nSPS) is 16.5. The van der Waals surface area contributed by atoms with Gasteiger partial charge in [-0.05, 0) is 43.4 Å². The Hall–Kier alpha value is -1.48. The fraction of sp³-hybridized carbons (Fsp3) is 0.471. The molecule has 0 N–H and O–H groups in total. The first-order valence-corrected chi connectivity index (χ1v) is 8.06. The van der Waals surface area contributed by atoms with E-state index in [0.29, 0.717) is 0 Å². The Balaban J connectivity index is 2.05. The molecule has 110 valence electrons. The van der Waals surface area contributed by atoms with Crippen molar-refractivity contribution < 1.29 is 0 Å². The maximum Gasteiger partial charge on any atom is 0.161 e. The van der Waals surface area contributed by atoms with Crippen molar-refractivity contribution in [2.24, 2.45) is 0 Å². The molecule has 1 fully saturated rings. The first-order chi connectivity index (χ1) is 10.2. The maximum absolute atomic E-state index is 6.01. The second-order valence-electron chi connectivity index (χ2n) is 5.68. The molecule has 1 aromatic heterocycles. The molecule has 2 aromatic rings. The van der Waals surface area contributed by atoms with Gasteiger partial charge in [0.25, 0.3) is 0 Å². The smallest absolute Gasteiger partial charge is 0.161 e. The quantitative estimate of drug-likeness (QED) is 0.852. The van der Waals surface area contributed by atoms with E-state index >= 15 is 0 Å². The second-order valence-corrected chi connectivity index (χ2v) is 6.11. The maximum atomic E-state index is 6.01. The highest BCUT2D eigenvalue weighted by atomic mass is 35.5. The topological polar surface area (TPSA) is 38.7 Å². The predicted molar refractivity (Wildman–Crippen MR) is 84.7 cm³/mol. The lowest BCUT2D eigenvalue weighted by molar-refractivity contribution is 0.281. The van der Waals surface area contributed by atoms with Gasteiger partial charge < -0.3 is 0 Å². The fourth-order valence-corrected chi connectivity index (χ4v) is 3.21. The van der Waals surface area contributed by atoms with Gasteiger partial charge in [0.15, 0.2) is 5.82 Å². The van der Waals surface area contributed by atoms with Crippen LogP contribution < -0.4 is 0 Å². The van der Waals surface area contributed by atoms with E-state index in [1.165, 1.54) is 12.0 Å². The molecule has 0 aliphatic heterocycles. The van der Waals surface area contributed by atoms with E-state index in [1.807, 2.05) is 12.1 Å². The highest BCUT2D eigenvalue weighted by molar-refractivity contribution is 6.30. The van der Waals surface area contributed by atoms with E-state index < -0.39 is 0 Å². The van der Waals surface area contributed by atoms with Crippen molar-refractivity contribution in [3.05, 3.63) is 52.1 Å². The molecule has 1 heterocycles. The van der Waals surface area contributed by atoms with Gasteiger partial charge in [0.05, 0.1) is 16.8 Å². The zero-order chi connectivity index (χ0) is 14.9. The van der Waals surface area contributed by atoms with Gasteiger partial charge in [-0.3, -0.25) is 0 Å². The van der Waals surface area contributed by atoms with Gasteiger partial charge in [-0.25, -0.2) is 4.98 Å². The van der Waals surface area contributed by atoms with Crippen LogP contribution in [0.5, 0.6) is 0 Å². The Morgan fingerprint density at radius 1 is 1.00 bits per heavy atom. The van der Waals surface area contributed by atoms with Gasteiger partial charge in [-0.1, -0.05) is 44.0 Å². The molecule has 4 heteroatoms. The Morgan fingerprint density at radius 3 is 2.19 bits per heavy atom. The van der Waals surface area contributed by atoms with E-state index in [-0.39, 0.29) is 5.41 Å². The molecular formula is C17H20ClN3. The number of hydrogen-bond donors (Lipinski definition) is 0. The molecule has 0 atom stereocenters. The Kier molecular flexibility index (Phi) is 3.94. The summed E-state index contributed by atoms with van der Waals surface area (Å²) in [5, 5.41) is 9.64. The number of aromatic nitrogens is 3. The molecule has 1 saturated carbocycles.